The van der Waals surface area contributed by atoms with E-state index in [2.05, 4.69) is 21.6 Å². The molecule has 2 aliphatic rings. The van der Waals surface area contributed by atoms with E-state index in [0.29, 0.717) is 25.2 Å². The summed E-state index contributed by atoms with van der Waals surface area (Å²) in [6, 6.07) is 2.09. The highest BCUT2D eigenvalue weighted by Crippen LogP contribution is 2.27. The third-order valence-electron chi connectivity index (χ3n) is 4.52. The van der Waals surface area contributed by atoms with Gasteiger partial charge < -0.3 is 15.0 Å². The number of amides is 1. The van der Waals surface area contributed by atoms with E-state index in [1.54, 1.807) is 0 Å². The zero-order valence-electron chi connectivity index (χ0n) is 13.0. The molecule has 1 aliphatic heterocycles. The molecule has 1 aromatic rings. The first kappa shape index (κ1) is 16.6. The van der Waals surface area contributed by atoms with Gasteiger partial charge in [0.05, 0.1) is 30.4 Å². The monoisotopic (exact) mass is 351 g/mol. The maximum absolute atomic E-state index is 12.0. The van der Waals surface area contributed by atoms with Gasteiger partial charge in [-0.05, 0) is 19.3 Å². The van der Waals surface area contributed by atoms with Gasteiger partial charge in [0, 0.05) is 19.0 Å². The van der Waals surface area contributed by atoms with Gasteiger partial charge in [-0.2, -0.15) is 10.4 Å². The lowest BCUT2D eigenvalue weighted by molar-refractivity contribution is 0.104. The molecule has 0 aromatic carbocycles. The first-order valence-electron chi connectivity index (χ1n) is 7.93. The van der Waals surface area contributed by atoms with Crippen molar-refractivity contribution >= 4 is 23.4 Å². The van der Waals surface area contributed by atoms with E-state index in [-0.39, 0.29) is 23.1 Å². The van der Waals surface area contributed by atoms with Crippen molar-refractivity contribution < 1.29 is 9.53 Å². The summed E-state index contributed by atoms with van der Waals surface area (Å²) in [5.74, 6) is -0.140. The first-order chi connectivity index (χ1) is 11.6. The van der Waals surface area contributed by atoms with Crippen LogP contribution in [0.2, 0.25) is 5.02 Å². The van der Waals surface area contributed by atoms with Crippen LogP contribution in [0.15, 0.2) is 11.0 Å². The van der Waals surface area contributed by atoms with Crippen molar-refractivity contribution in [1.29, 1.82) is 5.26 Å². The van der Waals surface area contributed by atoms with E-state index in [1.807, 2.05) is 4.90 Å². The molecule has 1 saturated carbocycles. The second-order valence-electron chi connectivity index (χ2n) is 6.08. The predicted molar refractivity (Wildman–Crippen MR) is 86.8 cm³/mol. The number of anilines is 1. The first-order valence-corrected chi connectivity index (χ1v) is 8.31. The number of ether oxygens (including phenoxy) is 1. The Labute approximate surface area is 143 Å². The van der Waals surface area contributed by atoms with Gasteiger partial charge in [-0.25, -0.2) is 9.89 Å². The second-order valence-corrected chi connectivity index (χ2v) is 6.46. The number of hydrogen-bond acceptors (Lipinski definition) is 6. The van der Waals surface area contributed by atoms with Crippen LogP contribution in [0.25, 0.3) is 0 Å². The van der Waals surface area contributed by atoms with Crippen molar-refractivity contribution in [2.75, 3.05) is 18.0 Å². The number of rotatable bonds is 3. The number of carbonyl (C=O) groups is 1. The molecule has 3 atom stereocenters. The molecule has 2 heterocycles. The van der Waals surface area contributed by atoms with E-state index in [0.717, 1.165) is 19.3 Å². The van der Waals surface area contributed by atoms with Gasteiger partial charge in [-0.15, -0.1) is 0 Å². The minimum atomic E-state index is -0.496. The number of nitriles is 1. The van der Waals surface area contributed by atoms with Gasteiger partial charge in [0.1, 0.15) is 11.1 Å². The second kappa shape index (κ2) is 7.09. The normalized spacial score (nSPS) is 26.2. The highest BCUT2D eigenvalue weighted by atomic mass is 35.5. The Morgan fingerprint density at radius 3 is 3.12 bits per heavy atom. The minimum Gasteiger partial charge on any atom is -0.444 e. The van der Waals surface area contributed by atoms with Gasteiger partial charge in [-0.3, -0.25) is 4.79 Å². The topological polar surface area (TPSA) is 111 Å². The molecule has 1 aromatic heterocycles. The quantitative estimate of drug-likeness (QED) is 0.851. The van der Waals surface area contributed by atoms with E-state index in [1.165, 1.54) is 6.20 Å². The van der Waals surface area contributed by atoms with Crippen molar-refractivity contribution in [3.63, 3.8) is 0 Å². The Bertz CT molecular complexity index is 716. The Balaban J connectivity index is 1.54. The molecule has 0 radical (unpaired) electrons. The van der Waals surface area contributed by atoms with Gasteiger partial charge in [0.15, 0.2) is 0 Å². The van der Waals surface area contributed by atoms with Gasteiger partial charge in [-0.1, -0.05) is 11.6 Å². The predicted octanol–water partition coefficient (Wildman–Crippen LogP) is 1.42. The Morgan fingerprint density at radius 1 is 1.50 bits per heavy atom. The molecule has 0 spiro atoms. The molecule has 3 rings (SSSR count). The number of H-pyrrole nitrogens is 1. The Hall–Kier alpha value is -2.27. The number of nitrogens with zero attached hydrogens (tertiary/aromatic N) is 3. The van der Waals surface area contributed by atoms with Gasteiger partial charge in [0.25, 0.3) is 5.56 Å². The van der Waals surface area contributed by atoms with Crippen LogP contribution in [0.4, 0.5) is 10.5 Å². The van der Waals surface area contributed by atoms with Crippen LogP contribution in [0.1, 0.15) is 25.7 Å². The molecule has 2 fully saturated rings. The molecule has 8 nitrogen and oxygen atoms in total. The van der Waals surface area contributed by atoms with Crippen LogP contribution in [0.5, 0.6) is 0 Å². The average molecular weight is 352 g/mol. The van der Waals surface area contributed by atoms with Gasteiger partial charge in [0.2, 0.25) is 0 Å². The molecule has 1 amide bonds. The van der Waals surface area contributed by atoms with Crippen LogP contribution in [0, 0.1) is 17.2 Å². The average Bonchev–Trinajstić information content (AvgIpc) is 3.19. The molecule has 2 N–H and O–H groups in total. The fraction of sp³-hybridized carbons (Fsp3) is 0.600. The fourth-order valence-corrected chi connectivity index (χ4v) is 3.47. The fourth-order valence-electron chi connectivity index (χ4n) is 3.26. The lowest BCUT2D eigenvalue weighted by atomic mass is 10.1. The molecule has 24 heavy (non-hydrogen) atoms. The van der Waals surface area contributed by atoms with E-state index in [4.69, 9.17) is 21.6 Å². The number of nitrogens with one attached hydrogen (secondary N) is 2. The van der Waals surface area contributed by atoms with Crippen molar-refractivity contribution in [2.45, 2.75) is 37.8 Å². The van der Waals surface area contributed by atoms with E-state index >= 15 is 0 Å². The Morgan fingerprint density at radius 2 is 2.33 bits per heavy atom. The van der Waals surface area contributed by atoms with Crippen LogP contribution in [-0.2, 0) is 4.74 Å². The van der Waals surface area contributed by atoms with E-state index in [9.17, 15) is 9.59 Å². The number of hydrogen-bond donors (Lipinski definition) is 2. The Kier molecular flexibility index (Phi) is 4.90. The molecule has 0 bridgehead atoms. The standard InChI is InChI=1S/C15H18ClN5O3/c16-13-12(7-18-20-14(13)22)21-5-4-10(8-21)24-15(23)19-11-3-1-2-9(11)6-17/h7,9-11H,1-5,8H2,(H,19,23)(H,20,22)/t9-,10-,11-/m1/s1. The van der Waals surface area contributed by atoms with Crippen molar-refractivity contribution in [3.8, 4) is 6.07 Å². The molecule has 0 unspecified atom stereocenters. The van der Waals surface area contributed by atoms with Crippen molar-refractivity contribution in [2.24, 2.45) is 5.92 Å². The highest BCUT2D eigenvalue weighted by molar-refractivity contribution is 6.33. The zero-order chi connectivity index (χ0) is 17.1. The maximum atomic E-state index is 12.0. The van der Waals surface area contributed by atoms with Crippen molar-refractivity contribution in [1.82, 2.24) is 15.5 Å². The number of carbonyl (C=O) groups excluding carboxylic acids is 1. The lowest BCUT2D eigenvalue weighted by Crippen LogP contribution is -2.39. The van der Waals surface area contributed by atoms with E-state index < -0.39 is 11.7 Å². The summed E-state index contributed by atoms with van der Waals surface area (Å²) in [4.78, 5) is 25.4. The van der Waals surface area contributed by atoms with Crippen LogP contribution in [-0.4, -0.2) is 41.5 Å². The maximum Gasteiger partial charge on any atom is 0.407 e. The molecular weight excluding hydrogens is 334 g/mol. The largest absolute Gasteiger partial charge is 0.444 e. The molecule has 9 heteroatoms. The summed E-state index contributed by atoms with van der Waals surface area (Å²) in [7, 11) is 0. The summed E-state index contributed by atoms with van der Waals surface area (Å²) in [5, 5.41) is 17.9. The molecular formula is C15H18ClN5O3. The molecule has 128 valence electrons. The number of aromatic amines is 1. The third kappa shape index (κ3) is 3.46. The minimum absolute atomic E-state index is 0.0814. The third-order valence-corrected chi connectivity index (χ3v) is 4.89. The van der Waals surface area contributed by atoms with Crippen LogP contribution >= 0.6 is 11.6 Å². The summed E-state index contributed by atoms with van der Waals surface area (Å²) in [6.45, 7) is 1.07. The van der Waals surface area contributed by atoms with Crippen LogP contribution in [0.3, 0.4) is 0 Å². The van der Waals surface area contributed by atoms with Crippen molar-refractivity contribution in [3.05, 3.63) is 21.6 Å². The summed E-state index contributed by atoms with van der Waals surface area (Å²) >= 11 is 6.00. The summed E-state index contributed by atoms with van der Waals surface area (Å²) in [6.07, 6.45) is 3.90. The number of halogens is 1. The summed E-state index contributed by atoms with van der Waals surface area (Å²) in [5.41, 5.74) is 0.0901. The lowest BCUT2D eigenvalue weighted by Gasteiger charge is -2.20. The molecule has 1 saturated heterocycles. The molecule has 1 aliphatic carbocycles. The summed E-state index contributed by atoms with van der Waals surface area (Å²) < 4.78 is 5.44. The smallest absolute Gasteiger partial charge is 0.407 e. The van der Waals surface area contributed by atoms with Gasteiger partial charge >= 0.3 is 6.09 Å². The SMILES string of the molecule is N#C[C@H]1CCC[C@H]1NC(=O)O[C@@H]1CCN(c2cn[nH]c(=O)c2Cl)C1. The highest BCUT2D eigenvalue weighted by Gasteiger charge is 2.31. The van der Waals surface area contributed by atoms with Crippen LogP contribution < -0.4 is 15.8 Å². The zero-order valence-corrected chi connectivity index (χ0v) is 13.8. The number of aromatic nitrogens is 2. The number of alkyl carbamates (subject to hydrolysis) is 1.